The van der Waals surface area contributed by atoms with E-state index in [0.717, 1.165) is 17.7 Å². The average Bonchev–Trinajstić information content (AvgIpc) is 2.58. The van der Waals surface area contributed by atoms with Crippen LogP contribution in [0.4, 0.5) is 0 Å². The van der Waals surface area contributed by atoms with Crippen LogP contribution in [-0.4, -0.2) is 31.4 Å². The highest BCUT2D eigenvalue weighted by Gasteiger charge is 2.10. The van der Waals surface area contributed by atoms with Gasteiger partial charge < -0.3 is 19.3 Å². The van der Waals surface area contributed by atoms with E-state index in [4.69, 9.17) is 19.3 Å². The number of ether oxygens (including phenoxy) is 3. The zero-order chi connectivity index (χ0) is 16.5. The van der Waals surface area contributed by atoms with Crippen LogP contribution in [0.2, 0.25) is 0 Å². The Morgan fingerprint density at radius 2 is 1.83 bits per heavy atom. The van der Waals surface area contributed by atoms with E-state index >= 15 is 0 Å². The van der Waals surface area contributed by atoms with Crippen LogP contribution in [0.15, 0.2) is 48.5 Å². The van der Waals surface area contributed by atoms with Gasteiger partial charge in [-0.2, -0.15) is 0 Å². The predicted molar refractivity (Wildman–Crippen MR) is 86.2 cm³/mol. The summed E-state index contributed by atoms with van der Waals surface area (Å²) < 4.78 is 16.4. The van der Waals surface area contributed by atoms with Gasteiger partial charge in [-0.3, -0.25) is 0 Å². The summed E-state index contributed by atoms with van der Waals surface area (Å²) in [6, 6.07) is 14.2. The van der Waals surface area contributed by atoms with Gasteiger partial charge in [-0.05, 0) is 24.3 Å². The Morgan fingerprint density at radius 3 is 2.52 bits per heavy atom. The molecular formula is C18H20O5. The second kappa shape index (κ2) is 8.80. The van der Waals surface area contributed by atoms with Crippen molar-refractivity contribution >= 4 is 5.97 Å². The second-order valence-electron chi connectivity index (χ2n) is 4.92. The lowest BCUT2D eigenvalue weighted by molar-refractivity contribution is 0.0696. The Hall–Kier alpha value is -2.53. The SMILES string of the molecule is COCCCOc1cc(C(=O)O)ccc1COc1ccccc1. The van der Waals surface area contributed by atoms with Crippen molar-refractivity contribution < 1.29 is 24.1 Å². The van der Waals surface area contributed by atoms with E-state index in [1.807, 2.05) is 30.3 Å². The van der Waals surface area contributed by atoms with Gasteiger partial charge in [-0.25, -0.2) is 4.79 Å². The van der Waals surface area contributed by atoms with Crippen LogP contribution in [0.1, 0.15) is 22.3 Å². The first-order valence-corrected chi connectivity index (χ1v) is 7.36. The third-order valence-electron chi connectivity index (χ3n) is 3.20. The largest absolute Gasteiger partial charge is 0.493 e. The molecule has 0 spiro atoms. The fraction of sp³-hybridized carbons (Fsp3) is 0.278. The van der Waals surface area contributed by atoms with Crippen molar-refractivity contribution in [1.82, 2.24) is 0 Å². The van der Waals surface area contributed by atoms with Gasteiger partial charge in [-0.15, -0.1) is 0 Å². The average molecular weight is 316 g/mol. The lowest BCUT2D eigenvalue weighted by atomic mass is 10.1. The van der Waals surface area contributed by atoms with Gasteiger partial charge in [0.1, 0.15) is 18.1 Å². The first kappa shape index (κ1) is 16.8. The third kappa shape index (κ3) is 5.30. The Morgan fingerprint density at radius 1 is 1.04 bits per heavy atom. The van der Waals surface area contributed by atoms with Crippen molar-refractivity contribution in [3.8, 4) is 11.5 Å². The smallest absolute Gasteiger partial charge is 0.335 e. The molecule has 0 unspecified atom stereocenters. The van der Waals surface area contributed by atoms with E-state index in [1.165, 1.54) is 6.07 Å². The van der Waals surface area contributed by atoms with Crippen molar-refractivity contribution in [3.05, 3.63) is 59.7 Å². The summed E-state index contributed by atoms with van der Waals surface area (Å²) in [6.45, 7) is 1.35. The zero-order valence-electron chi connectivity index (χ0n) is 13.0. The number of para-hydroxylation sites is 1. The quantitative estimate of drug-likeness (QED) is 0.718. The van der Waals surface area contributed by atoms with Crippen molar-refractivity contribution in [2.45, 2.75) is 13.0 Å². The van der Waals surface area contributed by atoms with Crippen LogP contribution in [0.5, 0.6) is 11.5 Å². The van der Waals surface area contributed by atoms with Crippen LogP contribution in [0, 0.1) is 0 Å². The number of carboxylic acid groups (broad SMARTS) is 1. The molecule has 0 aliphatic rings. The molecule has 0 atom stereocenters. The molecule has 2 aromatic rings. The molecule has 0 bridgehead atoms. The zero-order valence-corrected chi connectivity index (χ0v) is 13.0. The van der Waals surface area contributed by atoms with Crippen LogP contribution >= 0.6 is 0 Å². The first-order chi connectivity index (χ1) is 11.2. The van der Waals surface area contributed by atoms with Gasteiger partial charge in [0.15, 0.2) is 0 Å². The molecule has 0 aliphatic heterocycles. The number of aromatic carboxylic acids is 1. The Kier molecular flexibility index (Phi) is 6.44. The molecule has 5 heteroatoms. The Balaban J connectivity index is 2.07. The summed E-state index contributed by atoms with van der Waals surface area (Å²) >= 11 is 0. The van der Waals surface area contributed by atoms with E-state index < -0.39 is 5.97 Å². The van der Waals surface area contributed by atoms with Crippen molar-refractivity contribution in [2.75, 3.05) is 20.3 Å². The highest BCUT2D eigenvalue weighted by atomic mass is 16.5. The molecule has 2 aromatic carbocycles. The topological polar surface area (TPSA) is 65.0 Å². The second-order valence-corrected chi connectivity index (χ2v) is 4.92. The minimum Gasteiger partial charge on any atom is -0.493 e. The Bertz CT molecular complexity index is 625. The minimum absolute atomic E-state index is 0.190. The summed E-state index contributed by atoms with van der Waals surface area (Å²) in [5, 5.41) is 9.11. The molecule has 0 amide bonds. The fourth-order valence-corrected chi connectivity index (χ4v) is 2.00. The van der Waals surface area contributed by atoms with Crippen molar-refractivity contribution in [1.29, 1.82) is 0 Å². The molecule has 0 aromatic heterocycles. The molecule has 0 fully saturated rings. The number of hydrogen-bond acceptors (Lipinski definition) is 4. The molecule has 0 saturated carbocycles. The van der Waals surface area contributed by atoms with Gasteiger partial charge in [0.25, 0.3) is 0 Å². The summed E-state index contributed by atoms with van der Waals surface area (Å²) in [6.07, 6.45) is 0.729. The van der Waals surface area contributed by atoms with Crippen LogP contribution in [-0.2, 0) is 11.3 Å². The van der Waals surface area contributed by atoms with E-state index in [0.29, 0.717) is 25.6 Å². The van der Waals surface area contributed by atoms with Gasteiger partial charge in [-0.1, -0.05) is 24.3 Å². The molecule has 0 heterocycles. The maximum Gasteiger partial charge on any atom is 0.335 e. The normalized spacial score (nSPS) is 10.3. The lowest BCUT2D eigenvalue weighted by Crippen LogP contribution is -2.07. The van der Waals surface area contributed by atoms with E-state index in [2.05, 4.69) is 0 Å². The van der Waals surface area contributed by atoms with Gasteiger partial charge >= 0.3 is 5.97 Å². The molecule has 0 aliphatic carbocycles. The van der Waals surface area contributed by atoms with Crippen LogP contribution < -0.4 is 9.47 Å². The van der Waals surface area contributed by atoms with Gasteiger partial charge in [0, 0.05) is 25.7 Å². The number of carboxylic acids is 1. The molecular weight excluding hydrogens is 296 g/mol. The number of rotatable bonds is 9. The van der Waals surface area contributed by atoms with Crippen molar-refractivity contribution in [3.63, 3.8) is 0 Å². The molecule has 5 nitrogen and oxygen atoms in total. The number of methoxy groups -OCH3 is 1. The van der Waals surface area contributed by atoms with Gasteiger partial charge in [0.2, 0.25) is 0 Å². The van der Waals surface area contributed by atoms with E-state index in [1.54, 1.807) is 19.2 Å². The molecule has 1 N–H and O–H groups in total. The number of benzene rings is 2. The van der Waals surface area contributed by atoms with E-state index in [9.17, 15) is 4.79 Å². The first-order valence-electron chi connectivity index (χ1n) is 7.36. The summed E-state index contributed by atoms with van der Waals surface area (Å²) in [5.74, 6) is 0.291. The fourth-order valence-electron chi connectivity index (χ4n) is 2.00. The van der Waals surface area contributed by atoms with Crippen LogP contribution in [0.25, 0.3) is 0 Å². The molecule has 0 saturated heterocycles. The Labute approximate surface area is 135 Å². The molecule has 0 radical (unpaired) electrons. The van der Waals surface area contributed by atoms with E-state index in [-0.39, 0.29) is 5.56 Å². The highest BCUT2D eigenvalue weighted by molar-refractivity contribution is 5.88. The van der Waals surface area contributed by atoms with Crippen LogP contribution in [0.3, 0.4) is 0 Å². The van der Waals surface area contributed by atoms with Gasteiger partial charge in [0.05, 0.1) is 12.2 Å². The molecule has 122 valence electrons. The monoisotopic (exact) mass is 316 g/mol. The maximum absolute atomic E-state index is 11.1. The summed E-state index contributed by atoms with van der Waals surface area (Å²) in [4.78, 5) is 11.1. The highest BCUT2D eigenvalue weighted by Crippen LogP contribution is 2.23. The van der Waals surface area contributed by atoms with Crippen molar-refractivity contribution in [2.24, 2.45) is 0 Å². The molecule has 23 heavy (non-hydrogen) atoms. The molecule has 2 rings (SSSR count). The number of carbonyl (C=O) groups is 1. The summed E-state index contributed by atoms with van der Waals surface area (Å²) in [7, 11) is 1.63. The summed E-state index contributed by atoms with van der Waals surface area (Å²) in [5.41, 5.74) is 0.992. The lowest BCUT2D eigenvalue weighted by Gasteiger charge is -2.13. The minimum atomic E-state index is -0.984. The standard InChI is InChI=1S/C18H20O5/c1-21-10-5-11-22-17-12-14(18(19)20)8-9-15(17)13-23-16-6-3-2-4-7-16/h2-4,6-9,12H,5,10-11,13H2,1H3,(H,19,20). The predicted octanol–water partition coefficient (Wildman–Crippen LogP) is 3.38. The maximum atomic E-state index is 11.1. The third-order valence-corrected chi connectivity index (χ3v) is 3.20. The number of hydrogen-bond donors (Lipinski definition) is 1.